The topological polar surface area (TPSA) is 58.6 Å². The van der Waals surface area contributed by atoms with E-state index in [1.807, 2.05) is 6.92 Å². The minimum Gasteiger partial charge on any atom is -0.462 e. The summed E-state index contributed by atoms with van der Waals surface area (Å²) in [4.78, 5) is 29.0. The maximum Gasteiger partial charge on any atom is 0.341 e. The average Bonchev–Trinajstić information content (AvgIpc) is 3.18. The van der Waals surface area contributed by atoms with E-state index >= 15 is 0 Å². The lowest BCUT2D eigenvalue weighted by Gasteiger charge is -2.39. The molecule has 1 N–H and O–H groups in total. The van der Waals surface area contributed by atoms with Crippen LogP contribution in [0, 0.1) is 10.8 Å². The molecule has 2 heterocycles. The Hall–Kier alpha value is -1.40. The first-order chi connectivity index (χ1) is 13.2. The first-order valence-electron chi connectivity index (χ1n) is 10.6. The van der Waals surface area contributed by atoms with Gasteiger partial charge in [-0.1, -0.05) is 20.8 Å². The predicted molar refractivity (Wildman–Crippen MR) is 112 cm³/mol. The molecule has 0 aromatic carbocycles. The quantitative estimate of drug-likeness (QED) is 0.745. The molecule has 28 heavy (non-hydrogen) atoms. The fourth-order valence-corrected chi connectivity index (χ4v) is 7.32. The van der Waals surface area contributed by atoms with Gasteiger partial charge in [0, 0.05) is 17.5 Å². The average molecular weight is 405 g/mol. The summed E-state index contributed by atoms with van der Waals surface area (Å²) in [5.41, 5.74) is 2.34. The summed E-state index contributed by atoms with van der Waals surface area (Å²) in [6.45, 7) is 10.6. The van der Waals surface area contributed by atoms with Gasteiger partial charge in [-0.15, -0.1) is 11.3 Å². The molecule has 2 atom stereocenters. The van der Waals surface area contributed by atoms with E-state index in [1.165, 1.54) is 17.7 Å². The molecule has 1 aliphatic heterocycles. The second-order valence-electron chi connectivity index (χ2n) is 9.95. The van der Waals surface area contributed by atoms with Crippen LogP contribution in [0.25, 0.3) is 0 Å². The molecule has 4 rings (SSSR count). The van der Waals surface area contributed by atoms with Crippen LogP contribution in [0.2, 0.25) is 0 Å². The van der Waals surface area contributed by atoms with Crippen molar-refractivity contribution in [3.05, 3.63) is 16.0 Å². The number of ether oxygens (including phenoxy) is 1. The molecule has 2 unspecified atom stereocenters. The van der Waals surface area contributed by atoms with Crippen LogP contribution >= 0.6 is 11.3 Å². The standard InChI is InChI=1S/C22H32N2O3S/c1-5-27-20(26)18-15-7-6-8-16(15)28-19(18)23-17(25)11-24-13-22(4)10-14(24)9-21(2,3)12-22/h14H,5-13H2,1-4H3,(H,23,25). The number of hydrogen-bond donors (Lipinski definition) is 1. The Morgan fingerprint density at radius 1 is 1.25 bits per heavy atom. The summed E-state index contributed by atoms with van der Waals surface area (Å²) in [5.74, 6) is -0.317. The summed E-state index contributed by atoms with van der Waals surface area (Å²) < 4.78 is 5.27. The van der Waals surface area contributed by atoms with E-state index in [1.54, 1.807) is 11.3 Å². The molecule has 154 valence electrons. The minimum atomic E-state index is -0.302. The SMILES string of the molecule is CCOC(=O)c1c(NC(=O)CN2CC3(C)CC2CC(C)(C)C3)sc2c1CCC2. The van der Waals surface area contributed by atoms with Gasteiger partial charge in [0.05, 0.1) is 18.7 Å². The van der Waals surface area contributed by atoms with Gasteiger partial charge in [0.15, 0.2) is 0 Å². The molecule has 2 bridgehead atoms. The third-order valence-electron chi connectivity index (χ3n) is 6.52. The van der Waals surface area contributed by atoms with Crippen LogP contribution in [0.3, 0.4) is 0 Å². The number of carbonyl (C=O) groups is 2. The van der Waals surface area contributed by atoms with Crippen molar-refractivity contribution in [2.75, 3.05) is 25.0 Å². The van der Waals surface area contributed by atoms with Crippen LogP contribution in [0.5, 0.6) is 0 Å². The molecule has 1 aromatic rings. The Morgan fingerprint density at radius 2 is 2.04 bits per heavy atom. The smallest absolute Gasteiger partial charge is 0.341 e. The summed E-state index contributed by atoms with van der Waals surface area (Å²) >= 11 is 1.56. The Morgan fingerprint density at radius 3 is 2.79 bits per heavy atom. The van der Waals surface area contributed by atoms with Gasteiger partial charge in [0.25, 0.3) is 0 Å². The molecule has 6 heteroatoms. The Balaban J connectivity index is 1.47. The van der Waals surface area contributed by atoms with Crippen molar-refractivity contribution in [2.45, 2.75) is 72.3 Å². The van der Waals surface area contributed by atoms with Crippen molar-refractivity contribution in [3.8, 4) is 0 Å². The zero-order valence-electron chi connectivity index (χ0n) is 17.5. The molecule has 1 aromatic heterocycles. The molecular formula is C22H32N2O3S. The number of aryl methyl sites for hydroxylation is 1. The fraction of sp³-hybridized carbons (Fsp3) is 0.727. The molecule has 1 saturated heterocycles. The lowest BCUT2D eigenvalue weighted by Crippen LogP contribution is -2.38. The summed E-state index contributed by atoms with van der Waals surface area (Å²) in [5, 5.41) is 3.74. The van der Waals surface area contributed by atoms with Crippen LogP contribution in [0.4, 0.5) is 5.00 Å². The van der Waals surface area contributed by atoms with Crippen LogP contribution in [-0.4, -0.2) is 42.5 Å². The van der Waals surface area contributed by atoms with Crippen LogP contribution in [0.15, 0.2) is 0 Å². The Labute approximate surface area is 171 Å². The van der Waals surface area contributed by atoms with E-state index in [2.05, 4.69) is 31.0 Å². The Bertz CT molecular complexity index is 800. The largest absolute Gasteiger partial charge is 0.462 e. The molecule has 5 nitrogen and oxygen atoms in total. The highest BCUT2D eigenvalue weighted by atomic mass is 32.1. The molecule has 3 aliphatic rings. The fourth-order valence-electron chi connectivity index (χ4n) is 6.02. The van der Waals surface area contributed by atoms with Crippen molar-refractivity contribution in [1.29, 1.82) is 0 Å². The normalized spacial score (nSPS) is 28.2. The van der Waals surface area contributed by atoms with Crippen molar-refractivity contribution in [2.24, 2.45) is 10.8 Å². The second kappa shape index (κ2) is 7.13. The van der Waals surface area contributed by atoms with Gasteiger partial charge in [-0.3, -0.25) is 9.69 Å². The Kier molecular flexibility index (Phi) is 5.07. The number of nitrogens with zero attached hydrogens (tertiary/aromatic N) is 1. The molecule has 1 saturated carbocycles. The molecule has 2 aliphatic carbocycles. The van der Waals surface area contributed by atoms with Crippen LogP contribution < -0.4 is 5.32 Å². The highest BCUT2D eigenvalue weighted by Crippen LogP contribution is 2.52. The monoisotopic (exact) mass is 404 g/mol. The molecule has 0 radical (unpaired) electrons. The first kappa shape index (κ1) is 19.9. The zero-order valence-corrected chi connectivity index (χ0v) is 18.3. The number of thiophene rings is 1. The number of esters is 1. The van der Waals surface area contributed by atoms with Crippen molar-refractivity contribution in [1.82, 2.24) is 4.90 Å². The molecule has 2 fully saturated rings. The number of nitrogens with one attached hydrogen (secondary N) is 1. The van der Waals surface area contributed by atoms with Gasteiger partial charge in [0.2, 0.25) is 5.91 Å². The number of fused-ring (bicyclic) bond motifs is 3. The maximum absolute atomic E-state index is 12.9. The van der Waals surface area contributed by atoms with Gasteiger partial charge >= 0.3 is 5.97 Å². The first-order valence-corrected chi connectivity index (χ1v) is 11.4. The van der Waals surface area contributed by atoms with Gasteiger partial charge in [-0.05, 0) is 61.8 Å². The molecule has 0 spiro atoms. The number of rotatable bonds is 5. The molecular weight excluding hydrogens is 372 g/mol. The van der Waals surface area contributed by atoms with Crippen LogP contribution in [0.1, 0.15) is 74.2 Å². The van der Waals surface area contributed by atoms with E-state index in [-0.39, 0.29) is 11.9 Å². The number of likely N-dealkylation sites (tertiary alicyclic amines) is 1. The maximum atomic E-state index is 12.9. The summed E-state index contributed by atoms with van der Waals surface area (Å²) in [7, 11) is 0. The van der Waals surface area contributed by atoms with E-state index < -0.39 is 0 Å². The van der Waals surface area contributed by atoms with E-state index in [9.17, 15) is 9.59 Å². The third kappa shape index (κ3) is 3.73. The van der Waals surface area contributed by atoms with Crippen LogP contribution in [-0.2, 0) is 22.4 Å². The van der Waals surface area contributed by atoms with Gasteiger partial charge in [-0.25, -0.2) is 4.79 Å². The second-order valence-corrected chi connectivity index (χ2v) is 11.1. The number of amides is 1. The molecule has 1 amide bonds. The lowest BCUT2D eigenvalue weighted by molar-refractivity contribution is -0.117. The number of hydrogen-bond acceptors (Lipinski definition) is 5. The zero-order chi connectivity index (χ0) is 20.1. The summed E-state index contributed by atoms with van der Waals surface area (Å²) in [6, 6.07) is 0.484. The van der Waals surface area contributed by atoms with E-state index in [4.69, 9.17) is 4.74 Å². The third-order valence-corrected chi connectivity index (χ3v) is 7.73. The minimum absolute atomic E-state index is 0.0144. The predicted octanol–water partition coefficient (Wildman–Crippen LogP) is 4.25. The van der Waals surface area contributed by atoms with Gasteiger partial charge in [0.1, 0.15) is 5.00 Å². The summed E-state index contributed by atoms with van der Waals surface area (Å²) in [6.07, 6.45) is 6.52. The highest BCUT2D eigenvalue weighted by Gasteiger charge is 2.49. The van der Waals surface area contributed by atoms with Crippen molar-refractivity contribution in [3.63, 3.8) is 0 Å². The van der Waals surface area contributed by atoms with Crippen molar-refractivity contribution >= 4 is 28.2 Å². The lowest BCUT2D eigenvalue weighted by atomic mass is 9.65. The number of anilines is 1. The number of carbonyl (C=O) groups excluding carboxylic acids is 2. The highest BCUT2D eigenvalue weighted by molar-refractivity contribution is 7.17. The van der Waals surface area contributed by atoms with Crippen molar-refractivity contribution < 1.29 is 14.3 Å². The van der Waals surface area contributed by atoms with E-state index in [0.29, 0.717) is 40.6 Å². The van der Waals surface area contributed by atoms with E-state index in [0.717, 1.165) is 37.8 Å². The van der Waals surface area contributed by atoms with Gasteiger partial charge < -0.3 is 10.1 Å². The van der Waals surface area contributed by atoms with Gasteiger partial charge in [-0.2, -0.15) is 0 Å².